The summed E-state index contributed by atoms with van der Waals surface area (Å²) in [5, 5.41) is 13.0. The number of amides is 2. The Bertz CT molecular complexity index is 829. The number of alkyl carbamates (subject to hydrolysis) is 1. The number of likely N-dealkylation sites (tertiary alicyclic amines) is 1. The third-order valence-corrected chi connectivity index (χ3v) is 4.40. The maximum Gasteiger partial charge on any atom is 0.410 e. The summed E-state index contributed by atoms with van der Waals surface area (Å²) in [6.45, 7) is 0.514. The molecule has 1 aliphatic heterocycles. The highest BCUT2D eigenvalue weighted by Gasteiger charge is 2.48. The number of rotatable bonds is 5. The van der Waals surface area contributed by atoms with Crippen LogP contribution in [0, 0.1) is 5.82 Å². The molecule has 1 heterocycles. The van der Waals surface area contributed by atoms with Crippen molar-refractivity contribution in [1.29, 1.82) is 0 Å². The van der Waals surface area contributed by atoms with Gasteiger partial charge >= 0.3 is 6.09 Å². The number of hydrogen-bond acceptors (Lipinski definition) is 4. The molecule has 0 aromatic heterocycles. The lowest BCUT2D eigenvalue weighted by Crippen LogP contribution is -2.45. The molecule has 1 saturated heterocycles. The van der Waals surface area contributed by atoms with Gasteiger partial charge in [0.25, 0.3) is 11.7 Å². The number of carbonyl (C=O) groups is 2. The summed E-state index contributed by atoms with van der Waals surface area (Å²) in [5.41, 5.74) is 1.33. The molecular weight excluding hydrogens is 375 g/mol. The maximum atomic E-state index is 13.3. The van der Waals surface area contributed by atoms with Gasteiger partial charge in [0.1, 0.15) is 5.82 Å². The molecule has 142 valence electrons. The van der Waals surface area contributed by atoms with Crippen LogP contribution >= 0.6 is 11.6 Å². The number of nitrogens with zero attached hydrogens (tertiary/aromatic N) is 1. The first-order chi connectivity index (χ1) is 12.9. The van der Waals surface area contributed by atoms with Gasteiger partial charge < -0.3 is 20.1 Å². The molecule has 0 saturated carbocycles. The van der Waals surface area contributed by atoms with Gasteiger partial charge in [-0.2, -0.15) is 0 Å². The van der Waals surface area contributed by atoms with E-state index in [4.69, 9.17) is 16.3 Å². The largest absolute Gasteiger partial charge is 0.410 e. The van der Waals surface area contributed by atoms with E-state index >= 15 is 0 Å². The predicted octanol–water partition coefficient (Wildman–Crippen LogP) is 2.83. The zero-order chi connectivity index (χ0) is 19.4. The van der Waals surface area contributed by atoms with Crippen molar-refractivity contribution in [3.05, 3.63) is 70.5 Å². The molecule has 2 amide bonds. The van der Waals surface area contributed by atoms with Crippen LogP contribution in [0.5, 0.6) is 0 Å². The van der Waals surface area contributed by atoms with Crippen LogP contribution in [-0.4, -0.2) is 34.3 Å². The van der Waals surface area contributed by atoms with E-state index in [2.05, 4.69) is 5.32 Å². The number of halogens is 2. The molecular formula is C19H18ClFN2O4. The lowest BCUT2D eigenvalue weighted by molar-refractivity contribution is -0.182. The van der Waals surface area contributed by atoms with E-state index in [9.17, 15) is 19.1 Å². The van der Waals surface area contributed by atoms with E-state index in [1.165, 1.54) is 17.0 Å². The van der Waals surface area contributed by atoms with Crippen LogP contribution in [0.25, 0.3) is 0 Å². The Morgan fingerprint density at radius 2 is 2.00 bits per heavy atom. The van der Waals surface area contributed by atoms with E-state index in [-0.39, 0.29) is 24.5 Å². The molecule has 0 bridgehead atoms. The molecule has 6 nitrogen and oxygen atoms in total. The summed E-state index contributed by atoms with van der Waals surface area (Å²) in [5.74, 6) is -3.41. The molecule has 3 rings (SSSR count). The standard InChI is InChI=1S/C19H18ClFN2O4/c20-15-8-14(9-16(21)10-15)11-22-18(25)27-19(26)6-7-23(17(19)24)12-13-4-2-1-3-5-13/h1-5,8-10,26H,6-7,11-12H2,(H,22,25). The fourth-order valence-electron chi connectivity index (χ4n) is 2.87. The number of benzene rings is 2. The Hall–Kier alpha value is -2.64. The van der Waals surface area contributed by atoms with Crippen LogP contribution in [0.15, 0.2) is 48.5 Å². The van der Waals surface area contributed by atoms with Crippen LogP contribution in [0.1, 0.15) is 17.5 Å². The molecule has 0 spiro atoms. The van der Waals surface area contributed by atoms with Gasteiger partial charge in [0.15, 0.2) is 0 Å². The van der Waals surface area contributed by atoms with Gasteiger partial charge in [-0.05, 0) is 29.3 Å². The van der Waals surface area contributed by atoms with Gasteiger partial charge in [0.05, 0.1) is 0 Å². The predicted molar refractivity (Wildman–Crippen MR) is 96.2 cm³/mol. The van der Waals surface area contributed by atoms with Crippen LogP contribution in [0.2, 0.25) is 5.02 Å². The average molecular weight is 393 g/mol. The third kappa shape index (κ3) is 4.75. The molecule has 2 aromatic rings. The maximum absolute atomic E-state index is 13.3. The number of hydrogen-bond donors (Lipinski definition) is 2. The highest BCUT2D eigenvalue weighted by atomic mass is 35.5. The first-order valence-corrected chi connectivity index (χ1v) is 8.71. The zero-order valence-electron chi connectivity index (χ0n) is 14.3. The van der Waals surface area contributed by atoms with Crippen molar-refractivity contribution < 1.29 is 23.8 Å². The number of ether oxygens (including phenoxy) is 1. The summed E-state index contributed by atoms with van der Waals surface area (Å²) in [6, 6.07) is 13.1. The summed E-state index contributed by atoms with van der Waals surface area (Å²) in [7, 11) is 0. The van der Waals surface area contributed by atoms with Gasteiger partial charge in [0.2, 0.25) is 0 Å². The van der Waals surface area contributed by atoms with E-state index in [0.29, 0.717) is 12.1 Å². The minimum absolute atomic E-state index is 0.0299. The van der Waals surface area contributed by atoms with Gasteiger partial charge in [-0.3, -0.25) is 4.79 Å². The molecule has 0 aliphatic carbocycles. The summed E-state index contributed by atoms with van der Waals surface area (Å²) in [4.78, 5) is 25.8. The Balaban J connectivity index is 1.56. The van der Waals surface area contributed by atoms with Crippen LogP contribution in [0.4, 0.5) is 9.18 Å². The first kappa shape index (κ1) is 19.1. The molecule has 1 unspecified atom stereocenters. The lowest BCUT2D eigenvalue weighted by Gasteiger charge is -2.22. The van der Waals surface area contributed by atoms with Crippen LogP contribution < -0.4 is 5.32 Å². The number of nitrogens with one attached hydrogen (secondary N) is 1. The lowest BCUT2D eigenvalue weighted by atomic mass is 10.2. The van der Waals surface area contributed by atoms with Crippen molar-refractivity contribution in [1.82, 2.24) is 10.2 Å². The van der Waals surface area contributed by atoms with Crippen LogP contribution in [0.3, 0.4) is 0 Å². The Morgan fingerprint density at radius 3 is 2.70 bits per heavy atom. The van der Waals surface area contributed by atoms with Gasteiger partial charge in [0, 0.05) is 31.1 Å². The molecule has 1 aliphatic rings. The van der Waals surface area contributed by atoms with Crippen molar-refractivity contribution >= 4 is 23.6 Å². The molecule has 1 fully saturated rings. The van der Waals surface area contributed by atoms with Crippen molar-refractivity contribution in [2.45, 2.75) is 25.3 Å². The Kier molecular flexibility index (Phi) is 5.62. The molecule has 8 heteroatoms. The van der Waals surface area contributed by atoms with Crippen molar-refractivity contribution in [3.8, 4) is 0 Å². The summed E-state index contributed by atoms with van der Waals surface area (Å²) >= 11 is 5.75. The van der Waals surface area contributed by atoms with Gasteiger partial charge in [-0.1, -0.05) is 41.9 Å². The highest BCUT2D eigenvalue weighted by Crippen LogP contribution is 2.26. The number of carbonyl (C=O) groups excluding carboxylic acids is 2. The van der Waals surface area contributed by atoms with Gasteiger partial charge in [-0.15, -0.1) is 0 Å². The normalized spacial score (nSPS) is 19.2. The average Bonchev–Trinajstić information content (AvgIpc) is 2.88. The quantitative estimate of drug-likeness (QED) is 0.767. The second-order valence-electron chi connectivity index (χ2n) is 6.27. The Labute approximate surface area is 160 Å². The van der Waals surface area contributed by atoms with Crippen molar-refractivity contribution in [2.24, 2.45) is 0 Å². The Morgan fingerprint density at radius 1 is 1.26 bits per heavy atom. The second-order valence-corrected chi connectivity index (χ2v) is 6.70. The fourth-order valence-corrected chi connectivity index (χ4v) is 3.11. The van der Waals surface area contributed by atoms with E-state index in [1.54, 1.807) is 0 Å². The summed E-state index contributed by atoms with van der Waals surface area (Å²) in [6.07, 6.45) is -1.01. The van der Waals surface area contributed by atoms with Crippen molar-refractivity contribution in [2.75, 3.05) is 6.54 Å². The molecule has 2 N–H and O–H groups in total. The van der Waals surface area contributed by atoms with E-state index < -0.39 is 23.6 Å². The van der Waals surface area contributed by atoms with Crippen molar-refractivity contribution in [3.63, 3.8) is 0 Å². The highest BCUT2D eigenvalue weighted by molar-refractivity contribution is 6.30. The topological polar surface area (TPSA) is 78.9 Å². The van der Waals surface area contributed by atoms with E-state index in [1.807, 2.05) is 30.3 Å². The third-order valence-electron chi connectivity index (χ3n) is 4.18. The molecule has 1 atom stereocenters. The zero-order valence-corrected chi connectivity index (χ0v) is 15.1. The van der Waals surface area contributed by atoms with E-state index in [0.717, 1.165) is 11.6 Å². The molecule has 0 radical (unpaired) electrons. The molecule has 27 heavy (non-hydrogen) atoms. The monoisotopic (exact) mass is 392 g/mol. The van der Waals surface area contributed by atoms with Gasteiger partial charge in [-0.25, -0.2) is 9.18 Å². The second kappa shape index (κ2) is 7.94. The minimum atomic E-state index is -2.21. The minimum Gasteiger partial charge on any atom is -0.407 e. The molecule has 2 aromatic carbocycles. The first-order valence-electron chi connectivity index (χ1n) is 8.33. The summed E-state index contributed by atoms with van der Waals surface area (Å²) < 4.78 is 18.2. The SMILES string of the molecule is O=C(NCc1cc(F)cc(Cl)c1)OC1(O)CCN(Cc2ccccc2)C1=O. The number of aliphatic hydroxyl groups is 1. The van der Waals surface area contributed by atoms with Crippen LogP contribution in [-0.2, 0) is 22.6 Å². The smallest absolute Gasteiger partial charge is 0.407 e. The fraction of sp³-hybridized carbons (Fsp3) is 0.263.